The molecule has 8 aromatic carbocycles. The zero-order valence-electron chi connectivity index (χ0n) is 48.0. The Labute approximate surface area is 545 Å². The fraction of sp³-hybridized carbons (Fsp3) is 0.138. The van der Waals surface area contributed by atoms with Gasteiger partial charge in [0.05, 0.1) is 10.0 Å². The van der Waals surface area contributed by atoms with Gasteiger partial charge in [0.2, 0.25) is 41.2 Å². The molecule has 8 atom stereocenters. The van der Waals surface area contributed by atoms with Gasteiger partial charge in [-0.15, -0.1) is 12.6 Å². The lowest BCUT2D eigenvalue weighted by atomic mass is 9.89. The summed E-state index contributed by atoms with van der Waals surface area (Å²) in [4.78, 5) is 110. The fourth-order valence-corrected chi connectivity index (χ4v) is 11.8. The maximum Gasteiger partial charge on any atom is 0.330 e. The van der Waals surface area contributed by atoms with Crippen molar-refractivity contribution in [3.8, 4) is 80.1 Å². The molecule has 14 rings (SSSR count). The molecule has 0 aliphatic carbocycles. The summed E-state index contributed by atoms with van der Waals surface area (Å²) >= 11 is 18.3. The number of phenols is 6. The molecule has 8 aromatic rings. The predicted octanol–water partition coefficient (Wildman–Crippen LogP) is 7.42. The number of nitrogens with zero attached hydrogens (tertiary/aromatic N) is 1. The Hall–Kier alpha value is -11.4. The third kappa shape index (κ3) is 12.7. The molecule has 6 aliphatic rings. The number of carboxylic acids is 1. The normalized spacial score (nSPS) is 21.2. The van der Waals surface area contributed by atoms with Crippen molar-refractivity contribution in [2.45, 2.75) is 54.8 Å². The smallest absolute Gasteiger partial charge is 0.330 e. The van der Waals surface area contributed by atoms with E-state index in [0.29, 0.717) is 5.69 Å². The maximum atomic E-state index is 15.8. The van der Waals surface area contributed by atoms with Crippen LogP contribution in [0.1, 0.15) is 75.3 Å². The van der Waals surface area contributed by atoms with E-state index in [0.717, 1.165) is 60.7 Å². The number of anilines is 1. The van der Waals surface area contributed by atoms with Crippen molar-refractivity contribution in [3.05, 3.63) is 195 Å². The zero-order chi connectivity index (χ0) is 66.5. The molecular weight excluding hydrogens is 1280 g/mol. The number of halogens is 2. The molecule has 478 valence electrons. The average Bonchev–Trinajstić information content (AvgIpc) is 0.775. The molecule has 0 aromatic heterocycles. The number of benzene rings is 8. The number of aliphatic carboxylic acids is 1. The minimum atomic E-state index is -2.21. The molecule has 15 N–H and O–H groups in total. The summed E-state index contributed by atoms with van der Waals surface area (Å²) < 4.78 is 18.7. The van der Waals surface area contributed by atoms with Gasteiger partial charge in [0, 0.05) is 40.9 Å². The van der Waals surface area contributed by atoms with Crippen LogP contribution in [0.15, 0.2) is 151 Å². The number of aromatic hydroxyl groups is 6. The van der Waals surface area contributed by atoms with Crippen LogP contribution in [0.2, 0.25) is 10.0 Å². The number of aliphatic hydroxyl groups excluding tert-OH is 1. The van der Waals surface area contributed by atoms with E-state index in [1.165, 1.54) is 54.6 Å². The molecule has 6 amide bonds. The van der Waals surface area contributed by atoms with Gasteiger partial charge in [-0.2, -0.15) is 0 Å². The monoisotopic (exact) mass is 1330 g/mol. The van der Waals surface area contributed by atoms with E-state index in [2.05, 4.69) is 54.8 Å². The number of phenolic OH excluding ortho intramolecular Hbond substituents is 6. The van der Waals surface area contributed by atoms with Crippen LogP contribution in [0.3, 0.4) is 0 Å². The molecule has 94 heavy (non-hydrogen) atoms. The standard InChI is InChI=1S/C65H50Cl2N8O18S/c66-38-14-26-6-12-44(38)92-47-21-31-22-48(57(47)82)93-45-13-9-29(19-39(45)67)56(81)55-63(88)73-54(64(89)90)37-24-34(77)25-43(80)49(37)36-18-27(7-10-41(36)78)50(60(85)74-55)71-62(87)53(31)72-61(86)52-30-16-33(76)23-35(17-30)91-46-20-28(8-11-42(46)79)51(59(84)69-40(15-26)58(83)70-52)75-65(94)68-32-4-2-1-3-5-32/h1-14,16-25,40,50-56,76-82H,15H2,(H,69,84)(H,70,83)(H,71,87)(H,72,86)(H,73,88)(H,74,85)(H,89,90)(H2,68,75,94)/t40?,50?,51?,52?,53?,54-,55?,56?/m1/s1. The second-order valence-electron chi connectivity index (χ2n) is 22.0. The Morgan fingerprint density at radius 2 is 1.12 bits per heavy atom. The number of carboxylic acid groups (broad SMARTS) is 1. The summed E-state index contributed by atoms with van der Waals surface area (Å²) in [7, 11) is 0. The molecule has 0 saturated heterocycles. The van der Waals surface area contributed by atoms with Crippen molar-refractivity contribution >= 4 is 88.1 Å². The number of hydrogen-bond acceptors (Lipinski definition) is 18. The number of amides is 6. The lowest BCUT2D eigenvalue weighted by Gasteiger charge is -2.31. The molecule has 0 spiro atoms. The number of fused-ring (bicyclic) bond motifs is 14. The van der Waals surface area contributed by atoms with Crippen LogP contribution in [0.4, 0.5) is 5.69 Å². The molecule has 7 unspecified atom stereocenters. The number of nitrogens with one attached hydrogen (secondary N) is 7. The highest BCUT2D eigenvalue weighted by atomic mass is 35.5. The molecule has 0 fully saturated rings. The summed E-state index contributed by atoms with van der Waals surface area (Å²) in [6.45, 7) is 0. The van der Waals surface area contributed by atoms with Crippen LogP contribution in [0.5, 0.6) is 69.0 Å². The minimum absolute atomic E-state index is 0.0780. The number of aliphatic hydroxyl groups is 1. The quantitative estimate of drug-likeness (QED) is 0.0464. The first kappa shape index (κ1) is 62.8. The van der Waals surface area contributed by atoms with Crippen LogP contribution in [0, 0.1) is 0 Å². The van der Waals surface area contributed by atoms with E-state index in [4.69, 9.17) is 37.4 Å². The number of carbonyl (C=O) groups excluding carboxylic acids is 6. The minimum Gasteiger partial charge on any atom is -0.508 e. The Morgan fingerprint density at radius 1 is 0.521 bits per heavy atom. The van der Waals surface area contributed by atoms with Crippen LogP contribution in [-0.2, 0) is 40.0 Å². The molecular formula is C65H50Cl2N8O18S. The molecule has 26 nitrogen and oxygen atoms in total. The summed E-state index contributed by atoms with van der Waals surface area (Å²) in [5.41, 5.74) is -1.58. The van der Waals surface area contributed by atoms with Crippen molar-refractivity contribution < 1.29 is 88.6 Å². The SMILES string of the molecule is O=C1NC2C(=O)NC3C(=O)NC4C(=O)NC(C(=O)N[C@@H](C(=O)O)c5cc(O)cc(O)c5-c5cc4ccc5O)C(O)c4ccc(c(Cl)c4)Oc4cc3cc(c4O)Oc3ccc(cc3Cl)CC1NC(=O)C(N=C(S)Nc1ccccc1)c1ccc(O)c(c1)Oc1cc(O)cc2c1. The van der Waals surface area contributed by atoms with Crippen molar-refractivity contribution in [1.29, 1.82) is 0 Å². The Morgan fingerprint density at radius 3 is 1.80 bits per heavy atom. The molecule has 6 heterocycles. The fourth-order valence-electron chi connectivity index (χ4n) is 11.1. The maximum absolute atomic E-state index is 15.8. The van der Waals surface area contributed by atoms with E-state index in [-0.39, 0.29) is 78.0 Å². The third-order valence-corrected chi connectivity index (χ3v) is 16.5. The van der Waals surface area contributed by atoms with Gasteiger partial charge in [-0.3, -0.25) is 28.8 Å². The van der Waals surface area contributed by atoms with Gasteiger partial charge >= 0.3 is 5.97 Å². The number of ether oxygens (including phenoxy) is 3. The van der Waals surface area contributed by atoms with Gasteiger partial charge in [-0.05, 0) is 124 Å². The van der Waals surface area contributed by atoms with Gasteiger partial charge in [0.15, 0.2) is 40.2 Å². The molecule has 29 heteroatoms. The Bertz CT molecular complexity index is 4540. The Kier molecular flexibility index (Phi) is 16.9. The first-order valence-electron chi connectivity index (χ1n) is 28.3. The first-order chi connectivity index (χ1) is 44.9. The van der Waals surface area contributed by atoms with Crippen LogP contribution in [-0.4, -0.2) is 99.5 Å². The first-order valence-corrected chi connectivity index (χ1v) is 29.5. The van der Waals surface area contributed by atoms with E-state index in [1.807, 2.05) is 0 Å². The highest BCUT2D eigenvalue weighted by molar-refractivity contribution is 7.97. The highest BCUT2D eigenvalue weighted by Crippen LogP contribution is 2.48. The van der Waals surface area contributed by atoms with Crippen molar-refractivity contribution in [2.24, 2.45) is 4.99 Å². The van der Waals surface area contributed by atoms with Gasteiger partial charge < -0.3 is 92.3 Å². The topological polar surface area (TPSA) is 406 Å². The summed E-state index contributed by atoms with van der Waals surface area (Å²) in [6, 6.07) is 16.7. The van der Waals surface area contributed by atoms with Gasteiger partial charge in [-0.1, -0.05) is 65.7 Å². The van der Waals surface area contributed by atoms with Gasteiger partial charge in [0.1, 0.15) is 76.6 Å². The van der Waals surface area contributed by atoms with E-state index >= 15 is 19.2 Å². The number of thiol groups is 1. The second kappa shape index (κ2) is 25.4. The molecule has 0 radical (unpaired) electrons. The number of hydrogen-bond donors (Lipinski definition) is 16. The van der Waals surface area contributed by atoms with E-state index in [9.17, 15) is 55.2 Å². The Balaban J connectivity index is 1.06. The molecule has 6 aliphatic heterocycles. The summed E-state index contributed by atoms with van der Waals surface area (Å²) in [6.07, 6.45) is -2.52. The van der Waals surface area contributed by atoms with Crippen molar-refractivity contribution in [3.63, 3.8) is 0 Å². The number of amidine groups is 1. The number of carbonyl (C=O) groups is 7. The lowest BCUT2D eigenvalue weighted by Crippen LogP contribution is -2.55. The molecule has 17 bridgehead atoms. The van der Waals surface area contributed by atoms with Crippen molar-refractivity contribution in [2.75, 3.05) is 5.32 Å². The summed E-state index contributed by atoms with van der Waals surface area (Å²) in [5, 5.41) is 109. The van der Waals surface area contributed by atoms with Crippen LogP contribution < -0.4 is 51.4 Å². The van der Waals surface area contributed by atoms with Gasteiger partial charge in [-0.25, -0.2) is 9.79 Å². The zero-order valence-corrected chi connectivity index (χ0v) is 50.4. The lowest BCUT2D eigenvalue weighted by molar-refractivity contribution is -0.143. The van der Waals surface area contributed by atoms with Gasteiger partial charge in [0.25, 0.3) is 0 Å². The third-order valence-electron chi connectivity index (χ3n) is 15.6. The number of para-hydroxylation sites is 1. The second-order valence-corrected chi connectivity index (χ2v) is 23.2. The predicted molar refractivity (Wildman–Crippen MR) is 337 cm³/mol. The number of aliphatic imine (C=N–C) groups is 1. The van der Waals surface area contributed by atoms with Crippen LogP contribution >= 0.6 is 35.8 Å². The average molecular weight is 1330 g/mol. The van der Waals surface area contributed by atoms with E-state index < -0.39 is 152 Å². The highest BCUT2D eigenvalue weighted by Gasteiger charge is 2.41. The van der Waals surface area contributed by atoms with E-state index in [1.54, 1.807) is 30.3 Å². The van der Waals surface area contributed by atoms with Crippen LogP contribution in [0.25, 0.3) is 11.1 Å². The number of rotatable bonds is 3. The molecule has 0 saturated carbocycles. The van der Waals surface area contributed by atoms with Crippen molar-refractivity contribution in [1.82, 2.24) is 31.9 Å². The summed E-state index contributed by atoms with van der Waals surface area (Å²) in [5.74, 6) is -15.2. The largest absolute Gasteiger partial charge is 0.508 e.